The standard InChI is InChI=1S/C12H17ClN2O2S/c1-7-3-9(7)6-15-18(16,17)10-4-8(2)12(13)11(14)5-10/h4-5,7,9,15H,3,6,14H2,1-2H3. The molecule has 18 heavy (non-hydrogen) atoms. The minimum Gasteiger partial charge on any atom is -0.397 e. The molecule has 2 rings (SSSR count). The fourth-order valence-corrected chi connectivity index (χ4v) is 3.22. The van der Waals surface area contributed by atoms with Gasteiger partial charge in [0.25, 0.3) is 0 Å². The summed E-state index contributed by atoms with van der Waals surface area (Å²) in [7, 11) is -3.49. The molecule has 0 amide bonds. The van der Waals surface area contributed by atoms with E-state index in [9.17, 15) is 8.42 Å². The molecule has 1 aliphatic rings. The highest BCUT2D eigenvalue weighted by molar-refractivity contribution is 7.89. The van der Waals surface area contributed by atoms with E-state index < -0.39 is 10.0 Å². The molecule has 1 aromatic carbocycles. The van der Waals surface area contributed by atoms with E-state index in [1.807, 2.05) is 0 Å². The quantitative estimate of drug-likeness (QED) is 0.834. The lowest BCUT2D eigenvalue weighted by atomic mass is 10.2. The Bertz CT molecular complexity index is 548. The fraction of sp³-hybridized carbons (Fsp3) is 0.500. The summed E-state index contributed by atoms with van der Waals surface area (Å²) in [6, 6.07) is 2.94. The van der Waals surface area contributed by atoms with Crippen LogP contribution in [0.1, 0.15) is 18.9 Å². The van der Waals surface area contributed by atoms with Crippen molar-refractivity contribution in [3.8, 4) is 0 Å². The first-order valence-electron chi connectivity index (χ1n) is 5.86. The van der Waals surface area contributed by atoms with E-state index in [1.165, 1.54) is 12.1 Å². The Balaban J connectivity index is 2.18. The lowest BCUT2D eigenvalue weighted by Gasteiger charge is -2.09. The average molecular weight is 289 g/mol. The predicted molar refractivity (Wildman–Crippen MR) is 73.1 cm³/mol. The van der Waals surface area contributed by atoms with Crippen molar-refractivity contribution in [2.24, 2.45) is 11.8 Å². The third-order valence-corrected chi connectivity index (χ3v) is 5.30. The smallest absolute Gasteiger partial charge is 0.240 e. The Morgan fingerprint density at radius 2 is 2.11 bits per heavy atom. The molecule has 0 saturated heterocycles. The molecule has 0 heterocycles. The number of hydrogen-bond donors (Lipinski definition) is 2. The van der Waals surface area contributed by atoms with Gasteiger partial charge < -0.3 is 5.73 Å². The van der Waals surface area contributed by atoms with Crippen molar-refractivity contribution in [2.45, 2.75) is 25.2 Å². The van der Waals surface area contributed by atoms with E-state index in [0.29, 0.717) is 29.0 Å². The van der Waals surface area contributed by atoms with Gasteiger partial charge in [-0.05, 0) is 42.9 Å². The van der Waals surface area contributed by atoms with E-state index in [1.54, 1.807) is 6.92 Å². The predicted octanol–water partition coefficient (Wildman–Crippen LogP) is 2.16. The molecule has 1 fully saturated rings. The van der Waals surface area contributed by atoms with Gasteiger partial charge in [0.05, 0.1) is 15.6 Å². The lowest BCUT2D eigenvalue weighted by Crippen LogP contribution is -2.26. The fourth-order valence-electron chi connectivity index (χ4n) is 1.90. The van der Waals surface area contributed by atoms with Crippen molar-refractivity contribution < 1.29 is 8.42 Å². The largest absolute Gasteiger partial charge is 0.397 e. The third kappa shape index (κ3) is 2.79. The van der Waals surface area contributed by atoms with Gasteiger partial charge in [0.1, 0.15) is 0 Å². The second-order valence-corrected chi connectivity index (χ2v) is 7.11. The van der Waals surface area contributed by atoms with E-state index in [4.69, 9.17) is 17.3 Å². The molecule has 100 valence electrons. The zero-order valence-electron chi connectivity index (χ0n) is 10.4. The lowest BCUT2D eigenvalue weighted by molar-refractivity contribution is 0.574. The van der Waals surface area contributed by atoms with Crippen LogP contribution in [-0.4, -0.2) is 15.0 Å². The van der Waals surface area contributed by atoms with E-state index in [2.05, 4.69) is 11.6 Å². The number of benzene rings is 1. The molecule has 0 bridgehead atoms. The van der Waals surface area contributed by atoms with Gasteiger partial charge in [0.2, 0.25) is 10.0 Å². The Labute approximate surface area is 113 Å². The van der Waals surface area contributed by atoms with Gasteiger partial charge in [-0.15, -0.1) is 0 Å². The molecule has 1 aliphatic carbocycles. The molecule has 6 heteroatoms. The van der Waals surface area contributed by atoms with Crippen molar-refractivity contribution in [2.75, 3.05) is 12.3 Å². The molecule has 1 saturated carbocycles. The molecule has 0 spiro atoms. The number of rotatable bonds is 4. The van der Waals surface area contributed by atoms with Crippen LogP contribution in [0.4, 0.5) is 5.69 Å². The first-order valence-corrected chi connectivity index (χ1v) is 7.72. The number of nitrogens with one attached hydrogen (secondary N) is 1. The highest BCUT2D eigenvalue weighted by atomic mass is 35.5. The highest BCUT2D eigenvalue weighted by Gasteiger charge is 2.33. The Hall–Kier alpha value is -0.780. The number of nitrogens with two attached hydrogens (primary N) is 1. The van der Waals surface area contributed by atoms with Gasteiger partial charge in [-0.25, -0.2) is 13.1 Å². The summed E-state index contributed by atoms with van der Waals surface area (Å²) in [5, 5.41) is 0.407. The zero-order chi connectivity index (χ0) is 13.5. The highest BCUT2D eigenvalue weighted by Crippen LogP contribution is 2.37. The van der Waals surface area contributed by atoms with Crippen LogP contribution in [0.3, 0.4) is 0 Å². The number of anilines is 1. The van der Waals surface area contributed by atoms with Gasteiger partial charge in [-0.3, -0.25) is 0 Å². The number of sulfonamides is 1. The summed E-state index contributed by atoms with van der Waals surface area (Å²) in [5.41, 5.74) is 6.64. The van der Waals surface area contributed by atoms with Crippen molar-refractivity contribution in [3.63, 3.8) is 0 Å². The Kier molecular flexibility index (Phi) is 3.58. The number of nitrogen functional groups attached to an aromatic ring is 1. The maximum atomic E-state index is 12.1. The van der Waals surface area contributed by atoms with Crippen LogP contribution in [0.5, 0.6) is 0 Å². The van der Waals surface area contributed by atoms with Crippen molar-refractivity contribution in [1.82, 2.24) is 4.72 Å². The van der Waals surface area contributed by atoms with Gasteiger partial charge in [0.15, 0.2) is 0 Å². The SMILES string of the molecule is Cc1cc(S(=O)(=O)NCC2CC2C)cc(N)c1Cl. The van der Waals surface area contributed by atoms with E-state index >= 15 is 0 Å². The second kappa shape index (κ2) is 4.72. The molecule has 3 N–H and O–H groups in total. The number of halogens is 1. The van der Waals surface area contributed by atoms with Gasteiger partial charge in [-0.2, -0.15) is 0 Å². The molecule has 4 nitrogen and oxygen atoms in total. The molecular weight excluding hydrogens is 272 g/mol. The average Bonchev–Trinajstić information content (AvgIpc) is 2.99. The van der Waals surface area contributed by atoms with E-state index in [-0.39, 0.29) is 10.6 Å². The summed E-state index contributed by atoms with van der Waals surface area (Å²) in [4.78, 5) is 0.176. The van der Waals surface area contributed by atoms with Gasteiger partial charge >= 0.3 is 0 Å². The minimum atomic E-state index is -3.49. The second-order valence-electron chi connectivity index (χ2n) is 4.97. The zero-order valence-corrected chi connectivity index (χ0v) is 12.0. The summed E-state index contributed by atoms with van der Waals surface area (Å²) in [5.74, 6) is 1.08. The topological polar surface area (TPSA) is 72.2 Å². The summed E-state index contributed by atoms with van der Waals surface area (Å²) < 4.78 is 26.8. The third-order valence-electron chi connectivity index (χ3n) is 3.38. The van der Waals surface area contributed by atoms with Crippen LogP contribution in [0.2, 0.25) is 5.02 Å². The van der Waals surface area contributed by atoms with Crippen LogP contribution >= 0.6 is 11.6 Å². The molecular formula is C12H17ClN2O2S. The van der Waals surface area contributed by atoms with Gasteiger partial charge in [0, 0.05) is 6.54 Å². The Morgan fingerprint density at radius 3 is 2.61 bits per heavy atom. The van der Waals surface area contributed by atoms with Gasteiger partial charge in [-0.1, -0.05) is 18.5 Å². The first kappa shape index (κ1) is 13.6. The summed E-state index contributed by atoms with van der Waals surface area (Å²) >= 11 is 5.92. The summed E-state index contributed by atoms with van der Waals surface area (Å²) in [6.45, 7) is 4.34. The van der Waals surface area contributed by atoms with Crippen molar-refractivity contribution in [3.05, 3.63) is 22.7 Å². The van der Waals surface area contributed by atoms with Crippen LogP contribution in [0.15, 0.2) is 17.0 Å². The van der Waals surface area contributed by atoms with Crippen LogP contribution in [0.25, 0.3) is 0 Å². The maximum absolute atomic E-state index is 12.1. The molecule has 0 aromatic heterocycles. The van der Waals surface area contributed by atoms with Crippen molar-refractivity contribution in [1.29, 1.82) is 0 Å². The normalized spacial score (nSPS) is 23.1. The molecule has 2 unspecified atom stereocenters. The van der Waals surface area contributed by atoms with Crippen LogP contribution in [-0.2, 0) is 10.0 Å². The molecule has 2 atom stereocenters. The molecule has 0 aliphatic heterocycles. The van der Waals surface area contributed by atoms with E-state index in [0.717, 1.165) is 6.42 Å². The number of hydrogen-bond acceptors (Lipinski definition) is 3. The minimum absolute atomic E-state index is 0.176. The van der Waals surface area contributed by atoms with Crippen LogP contribution in [0, 0.1) is 18.8 Å². The molecule has 0 radical (unpaired) electrons. The maximum Gasteiger partial charge on any atom is 0.240 e. The van der Waals surface area contributed by atoms with Crippen molar-refractivity contribution >= 4 is 27.3 Å². The number of aryl methyl sites for hydroxylation is 1. The van der Waals surface area contributed by atoms with Crippen LogP contribution < -0.4 is 10.5 Å². The molecule has 1 aromatic rings. The first-order chi connectivity index (χ1) is 8.31. The Morgan fingerprint density at radius 1 is 1.50 bits per heavy atom. The monoisotopic (exact) mass is 288 g/mol. The summed E-state index contributed by atoms with van der Waals surface area (Å²) in [6.07, 6.45) is 1.09.